The van der Waals surface area contributed by atoms with Crippen LogP contribution in [-0.2, 0) is 23.1 Å². The second-order valence-corrected chi connectivity index (χ2v) is 10.1. The molecule has 1 aliphatic carbocycles. The molecule has 1 saturated carbocycles. The Balaban J connectivity index is 1.85. The number of rotatable bonds is 6. The average Bonchev–Trinajstić information content (AvgIpc) is 3.43. The van der Waals surface area contributed by atoms with Gasteiger partial charge in [-0.25, -0.2) is 17.9 Å². The van der Waals surface area contributed by atoms with Gasteiger partial charge in [0.15, 0.2) is 0 Å². The Bertz CT molecular complexity index is 1060. The Morgan fingerprint density at radius 3 is 2.69 bits per heavy atom. The van der Waals surface area contributed by atoms with Crippen molar-refractivity contribution in [2.75, 3.05) is 13.1 Å². The van der Waals surface area contributed by atoms with Gasteiger partial charge in [0.1, 0.15) is 0 Å². The summed E-state index contributed by atoms with van der Waals surface area (Å²) in [4.78, 5) is 18.9. The van der Waals surface area contributed by atoms with E-state index in [0.717, 1.165) is 29.5 Å². The number of aromatic nitrogens is 1. The van der Waals surface area contributed by atoms with Gasteiger partial charge >= 0.3 is 6.03 Å². The Morgan fingerprint density at radius 1 is 1.28 bits per heavy atom. The predicted molar refractivity (Wildman–Crippen MR) is 112 cm³/mol. The highest BCUT2D eigenvalue weighted by Crippen LogP contribution is 2.42. The molecule has 156 valence electrons. The number of amides is 2. The number of urea groups is 1. The van der Waals surface area contributed by atoms with Crippen LogP contribution in [0.2, 0.25) is 0 Å². The van der Waals surface area contributed by atoms with Crippen LogP contribution in [-0.4, -0.2) is 37.4 Å². The SMILES string of the molecule is CCNC(=O)N1Cc2cc3cnc(C4CC4)cc3c(S(=O)(=O)NCC(C)C)c2C1. The maximum Gasteiger partial charge on any atom is 0.317 e. The van der Waals surface area contributed by atoms with Crippen LogP contribution in [0.15, 0.2) is 23.2 Å². The summed E-state index contributed by atoms with van der Waals surface area (Å²) in [5, 5.41) is 4.31. The minimum absolute atomic E-state index is 0.178. The summed E-state index contributed by atoms with van der Waals surface area (Å²) in [7, 11) is -3.73. The third-order valence-electron chi connectivity index (χ3n) is 5.46. The Hall–Kier alpha value is -2.19. The molecule has 1 aromatic carbocycles. The second kappa shape index (κ2) is 7.57. The summed E-state index contributed by atoms with van der Waals surface area (Å²) in [6.07, 6.45) is 3.98. The van der Waals surface area contributed by atoms with Crippen LogP contribution in [0.3, 0.4) is 0 Å². The minimum atomic E-state index is -3.73. The van der Waals surface area contributed by atoms with Gasteiger partial charge in [-0.3, -0.25) is 4.98 Å². The van der Waals surface area contributed by atoms with Crippen LogP contribution in [0.4, 0.5) is 4.79 Å². The highest BCUT2D eigenvalue weighted by Gasteiger charge is 2.33. The zero-order valence-corrected chi connectivity index (χ0v) is 18.0. The molecular weight excluding hydrogens is 388 g/mol. The molecule has 7 nitrogen and oxygen atoms in total. The zero-order chi connectivity index (χ0) is 20.8. The first-order valence-electron chi connectivity index (χ1n) is 10.3. The summed E-state index contributed by atoms with van der Waals surface area (Å²) < 4.78 is 29.5. The predicted octanol–water partition coefficient (Wildman–Crippen LogP) is 3.09. The van der Waals surface area contributed by atoms with Crippen molar-refractivity contribution in [2.24, 2.45) is 5.92 Å². The number of hydrogen-bond donors (Lipinski definition) is 2. The van der Waals surface area contributed by atoms with Crippen molar-refractivity contribution < 1.29 is 13.2 Å². The van der Waals surface area contributed by atoms with Gasteiger partial charge in [0.2, 0.25) is 10.0 Å². The van der Waals surface area contributed by atoms with Crippen molar-refractivity contribution >= 4 is 26.8 Å². The molecule has 29 heavy (non-hydrogen) atoms. The lowest BCUT2D eigenvalue weighted by atomic mass is 10.0. The van der Waals surface area contributed by atoms with Gasteiger partial charge in [0, 0.05) is 54.8 Å². The Kier molecular flexibility index (Phi) is 5.25. The quantitative estimate of drug-likeness (QED) is 0.757. The zero-order valence-electron chi connectivity index (χ0n) is 17.2. The van der Waals surface area contributed by atoms with E-state index in [1.54, 1.807) is 11.1 Å². The lowest BCUT2D eigenvalue weighted by Crippen LogP contribution is -2.36. The van der Waals surface area contributed by atoms with E-state index in [1.165, 1.54) is 0 Å². The average molecular weight is 417 g/mol. The van der Waals surface area contributed by atoms with Gasteiger partial charge in [-0.1, -0.05) is 13.8 Å². The van der Waals surface area contributed by atoms with Gasteiger partial charge in [0.25, 0.3) is 0 Å². The van der Waals surface area contributed by atoms with Crippen molar-refractivity contribution in [3.8, 4) is 0 Å². The number of carbonyl (C=O) groups is 1. The van der Waals surface area contributed by atoms with E-state index in [4.69, 9.17) is 0 Å². The lowest BCUT2D eigenvalue weighted by molar-refractivity contribution is 0.199. The summed E-state index contributed by atoms with van der Waals surface area (Å²) in [5.74, 6) is 0.627. The van der Waals surface area contributed by atoms with E-state index in [2.05, 4.69) is 15.0 Å². The van der Waals surface area contributed by atoms with Crippen molar-refractivity contribution in [1.82, 2.24) is 19.9 Å². The van der Waals surface area contributed by atoms with Crippen LogP contribution in [0, 0.1) is 5.92 Å². The topological polar surface area (TPSA) is 91.4 Å². The number of pyridine rings is 1. The highest BCUT2D eigenvalue weighted by atomic mass is 32.2. The highest BCUT2D eigenvalue weighted by molar-refractivity contribution is 7.89. The molecule has 1 aliphatic heterocycles. The molecule has 0 saturated heterocycles. The van der Waals surface area contributed by atoms with E-state index in [1.807, 2.05) is 32.9 Å². The van der Waals surface area contributed by atoms with Crippen molar-refractivity contribution in [3.05, 3.63) is 35.2 Å². The molecule has 1 aromatic heterocycles. The van der Waals surface area contributed by atoms with Crippen LogP contribution < -0.4 is 10.0 Å². The first kappa shape index (κ1) is 20.1. The number of fused-ring (bicyclic) bond motifs is 2. The monoisotopic (exact) mass is 416 g/mol. The van der Waals surface area contributed by atoms with Gasteiger partial charge in [-0.05, 0) is 48.9 Å². The third-order valence-corrected chi connectivity index (χ3v) is 7.01. The van der Waals surface area contributed by atoms with Gasteiger partial charge in [-0.2, -0.15) is 0 Å². The van der Waals surface area contributed by atoms with Gasteiger partial charge < -0.3 is 10.2 Å². The number of nitrogens with one attached hydrogen (secondary N) is 2. The largest absolute Gasteiger partial charge is 0.338 e. The van der Waals surface area contributed by atoms with Gasteiger partial charge in [0.05, 0.1) is 4.90 Å². The van der Waals surface area contributed by atoms with Crippen molar-refractivity contribution in [2.45, 2.75) is 57.5 Å². The molecule has 0 atom stereocenters. The molecule has 0 unspecified atom stereocenters. The number of carbonyl (C=O) groups excluding carboxylic acids is 1. The number of benzene rings is 1. The smallest absolute Gasteiger partial charge is 0.317 e. The number of nitrogens with zero attached hydrogens (tertiary/aromatic N) is 2. The van der Waals surface area contributed by atoms with Crippen LogP contribution in [0.25, 0.3) is 10.8 Å². The van der Waals surface area contributed by atoms with E-state index in [9.17, 15) is 13.2 Å². The molecular formula is C21H28N4O3S. The summed E-state index contributed by atoms with van der Waals surface area (Å²) in [6.45, 7) is 7.40. The molecule has 4 rings (SSSR count). The maximum atomic E-state index is 13.4. The van der Waals surface area contributed by atoms with E-state index in [0.29, 0.717) is 41.4 Å². The van der Waals surface area contributed by atoms with Crippen molar-refractivity contribution in [1.29, 1.82) is 0 Å². The summed E-state index contributed by atoms with van der Waals surface area (Å²) >= 11 is 0. The second-order valence-electron chi connectivity index (χ2n) is 8.39. The van der Waals surface area contributed by atoms with E-state index >= 15 is 0 Å². The van der Waals surface area contributed by atoms with E-state index < -0.39 is 10.0 Å². The molecule has 2 amide bonds. The maximum absolute atomic E-state index is 13.4. The van der Waals surface area contributed by atoms with Crippen LogP contribution in [0.1, 0.15) is 56.4 Å². The molecule has 2 aromatic rings. The fourth-order valence-electron chi connectivity index (χ4n) is 3.81. The molecule has 2 aliphatic rings. The first-order valence-corrected chi connectivity index (χ1v) is 11.7. The summed E-state index contributed by atoms with van der Waals surface area (Å²) in [6, 6.07) is 3.74. The minimum Gasteiger partial charge on any atom is -0.338 e. The number of sulfonamides is 1. The van der Waals surface area contributed by atoms with Crippen molar-refractivity contribution in [3.63, 3.8) is 0 Å². The van der Waals surface area contributed by atoms with Crippen LogP contribution >= 0.6 is 0 Å². The molecule has 2 heterocycles. The third kappa shape index (κ3) is 3.96. The summed E-state index contributed by atoms with van der Waals surface area (Å²) in [5.41, 5.74) is 2.54. The first-order chi connectivity index (χ1) is 13.8. The fraction of sp³-hybridized carbons (Fsp3) is 0.524. The fourth-order valence-corrected chi connectivity index (χ4v) is 5.49. The number of hydrogen-bond acceptors (Lipinski definition) is 4. The Morgan fingerprint density at radius 2 is 2.03 bits per heavy atom. The molecule has 8 heteroatoms. The molecule has 0 bridgehead atoms. The lowest BCUT2D eigenvalue weighted by Gasteiger charge is -2.17. The molecule has 0 spiro atoms. The van der Waals surface area contributed by atoms with Crippen LogP contribution in [0.5, 0.6) is 0 Å². The Labute approximate surface area is 171 Å². The standard InChI is InChI=1S/C21H28N4O3S/c1-4-22-21(26)25-11-16-7-15-10-23-19(14-5-6-14)8-17(15)20(18(16)12-25)29(27,28)24-9-13(2)3/h7-8,10,13-14,24H,4-6,9,11-12H2,1-3H3,(H,22,26). The van der Waals surface area contributed by atoms with E-state index in [-0.39, 0.29) is 18.5 Å². The molecule has 2 N–H and O–H groups in total. The molecule has 0 radical (unpaired) electrons. The normalized spacial score (nSPS) is 16.5. The van der Waals surface area contributed by atoms with Gasteiger partial charge in [-0.15, -0.1) is 0 Å². The molecule has 1 fully saturated rings.